The number of fused-ring (bicyclic) bond motifs is 2. The van der Waals surface area contributed by atoms with Crippen LogP contribution in [0.5, 0.6) is 0 Å². The number of carbonyl (C=O) groups excluding carboxylic acids is 2. The molecule has 156 valence electrons. The number of amides is 2. The van der Waals surface area contributed by atoms with Crippen molar-refractivity contribution in [1.82, 2.24) is 9.44 Å². The number of carbonyl (C=O) groups is 2. The molecule has 0 fully saturated rings. The Morgan fingerprint density at radius 3 is 1.39 bits per heavy atom. The Hall–Kier alpha value is -3.71. The van der Waals surface area contributed by atoms with Gasteiger partial charge in [0.05, 0.1) is 12.8 Å². The van der Waals surface area contributed by atoms with E-state index in [1.807, 2.05) is 82.2 Å². The van der Waals surface area contributed by atoms with Crippen molar-refractivity contribution in [3.05, 3.63) is 96.1 Å². The van der Waals surface area contributed by atoms with Crippen LogP contribution in [0.4, 0.5) is 0 Å². The molecule has 6 nitrogen and oxygen atoms in total. The number of benzene rings is 4. The second-order valence-corrected chi connectivity index (χ2v) is 8.69. The van der Waals surface area contributed by atoms with Gasteiger partial charge in [-0.3, -0.25) is 9.59 Å². The molecule has 0 spiro atoms. The van der Waals surface area contributed by atoms with Crippen LogP contribution in [0.25, 0.3) is 21.5 Å². The first-order valence-electron chi connectivity index (χ1n) is 9.69. The second kappa shape index (κ2) is 8.57. The van der Waals surface area contributed by atoms with Gasteiger partial charge in [0.1, 0.15) is 0 Å². The largest absolute Gasteiger partial charge is 0.325 e. The summed E-state index contributed by atoms with van der Waals surface area (Å²) in [6.45, 7) is 0. The van der Waals surface area contributed by atoms with Gasteiger partial charge in [-0.05, 0) is 32.7 Å². The monoisotopic (exact) mass is 432 g/mol. The summed E-state index contributed by atoms with van der Waals surface area (Å²) >= 11 is 0. The van der Waals surface area contributed by atoms with Gasteiger partial charge in [-0.25, -0.2) is 9.44 Å². The zero-order valence-corrected chi connectivity index (χ0v) is 17.4. The summed E-state index contributed by atoms with van der Waals surface area (Å²) in [6.07, 6.45) is -0.241. The quantitative estimate of drug-likeness (QED) is 0.489. The average molecular weight is 433 g/mol. The van der Waals surface area contributed by atoms with E-state index in [4.69, 9.17) is 0 Å². The van der Waals surface area contributed by atoms with Crippen molar-refractivity contribution in [2.45, 2.75) is 12.8 Å². The molecule has 0 aliphatic carbocycles. The molecule has 0 radical (unpaired) electrons. The predicted octanol–water partition coefficient (Wildman–Crippen LogP) is 3.26. The Morgan fingerprint density at radius 2 is 0.968 bits per heavy atom. The third kappa shape index (κ3) is 5.26. The third-order valence-corrected chi connectivity index (χ3v) is 5.85. The number of rotatable bonds is 6. The van der Waals surface area contributed by atoms with Crippen LogP contribution >= 0.6 is 0 Å². The van der Waals surface area contributed by atoms with Gasteiger partial charge in [0.15, 0.2) is 0 Å². The van der Waals surface area contributed by atoms with Crippen LogP contribution in [0, 0.1) is 0 Å². The van der Waals surface area contributed by atoms with Gasteiger partial charge in [-0.2, -0.15) is 8.42 Å². The lowest BCUT2D eigenvalue weighted by Gasteiger charge is -2.09. The Kier molecular flexibility index (Phi) is 5.68. The highest BCUT2D eigenvalue weighted by Crippen LogP contribution is 2.17. The molecular formula is C24H20N2O4S. The minimum atomic E-state index is -4.30. The summed E-state index contributed by atoms with van der Waals surface area (Å²) in [7, 11) is -4.30. The molecule has 0 saturated carbocycles. The van der Waals surface area contributed by atoms with Gasteiger partial charge in [-0.1, -0.05) is 84.9 Å². The van der Waals surface area contributed by atoms with Gasteiger partial charge < -0.3 is 0 Å². The molecule has 0 atom stereocenters. The topological polar surface area (TPSA) is 92.3 Å². The first-order chi connectivity index (χ1) is 14.9. The first kappa shape index (κ1) is 20.6. The van der Waals surface area contributed by atoms with Crippen molar-refractivity contribution in [1.29, 1.82) is 0 Å². The molecule has 0 saturated heterocycles. The van der Waals surface area contributed by atoms with E-state index < -0.39 is 22.0 Å². The Balaban J connectivity index is 1.36. The van der Waals surface area contributed by atoms with Crippen molar-refractivity contribution in [3.63, 3.8) is 0 Å². The standard InChI is InChI=1S/C24H20N2O4S/c27-23(15-17-9-11-19-5-1-3-7-21(19)13-17)25-31(29,30)26-24(28)16-18-10-12-20-6-2-4-8-22(20)14-18/h1-14H,15-16H2,(H,25,27)(H,26,28). The van der Waals surface area contributed by atoms with Gasteiger partial charge in [-0.15, -0.1) is 0 Å². The van der Waals surface area contributed by atoms with Crippen LogP contribution in [-0.2, 0) is 32.6 Å². The molecule has 0 aromatic heterocycles. The van der Waals surface area contributed by atoms with E-state index in [9.17, 15) is 18.0 Å². The van der Waals surface area contributed by atoms with E-state index in [-0.39, 0.29) is 12.8 Å². The Labute approximate surface area is 180 Å². The van der Waals surface area contributed by atoms with Crippen LogP contribution < -0.4 is 9.44 Å². The second-order valence-electron chi connectivity index (χ2n) is 7.27. The molecular weight excluding hydrogens is 412 g/mol. The lowest BCUT2D eigenvalue weighted by molar-refractivity contribution is -0.118. The fraction of sp³-hybridized carbons (Fsp3) is 0.0833. The van der Waals surface area contributed by atoms with Crippen molar-refractivity contribution in [2.75, 3.05) is 0 Å². The van der Waals surface area contributed by atoms with Gasteiger partial charge in [0, 0.05) is 0 Å². The van der Waals surface area contributed by atoms with Gasteiger partial charge in [0.25, 0.3) is 0 Å². The highest BCUT2D eigenvalue weighted by Gasteiger charge is 2.18. The van der Waals surface area contributed by atoms with E-state index in [2.05, 4.69) is 0 Å². The van der Waals surface area contributed by atoms with Gasteiger partial charge >= 0.3 is 10.2 Å². The molecule has 4 aromatic carbocycles. The summed E-state index contributed by atoms with van der Waals surface area (Å²) in [5, 5.41) is 3.97. The highest BCUT2D eigenvalue weighted by molar-refractivity contribution is 7.88. The zero-order valence-electron chi connectivity index (χ0n) is 16.5. The highest BCUT2D eigenvalue weighted by atomic mass is 32.2. The van der Waals surface area contributed by atoms with Crippen LogP contribution in [0.1, 0.15) is 11.1 Å². The van der Waals surface area contributed by atoms with E-state index >= 15 is 0 Å². The lowest BCUT2D eigenvalue weighted by atomic mass is 10.1. The van der Waals surface area contributed by atoms with E-state index in [1.54, 1.807) is 12.1 Å². The molecule has 2 N–H and O–H groups in total. The van der Waals surface area contributed by atoms with Crippen LogP contribution in [0.3, 0.4) is 0 Å². The molecule has 0 unspecified atom stereocenters. The smallest absolute Gasteiger partial charge is 0.274 e. The molecule has 7 heteroatoms. The molecule has 2 amide bonds. The Morgan fingerprint density at radius 1 is 0.581 bits per heavy atom. The predicted molar refractivity (Wildman–Crippen MR) is 121 cm³/mol. The normalized spacial score (nSPS) is 11.4. The van der Waals surface area contributed by atoms with E-state index in [1.165, 1.54) is 0 Å². The van der Waals surface area contributed by atoms with Crippen LogP contribution in [0.15, 0.2) is 84.9 Å². The molecule has 4 rings (SSSR count). The molecule has 4 aromatic rings. The lowest BCUT2D eigenvalue weighted by Crippen LogP contribution is -2.44. The summed E-state index contributed by atoms with van der Waals surface area (Å²) in [4.78, 5) is 24.4. The van der Waals surface area contributed by atoms with Crippen molar-refractivity contribution >= 4 is 43.6 Å². The van der Waals surface area contributed by atoms with Crippen LogP contribution in [0.2, 0.25) is 0 Å². The maximum Gasteiger partial charge on any atom is 0.325 e. The third-order valence-electron chi connectivity index (χ3n) is 4.85. The summed E-state index contributed by atoms with van der Waals surface area (Å²) < 4.78 is 28.2. The fourth-order valence-electron chi connectivity index (χ4n) is 3.47. The molecule has 0 aliphatic rings. The van der Waals surface area contributed by atoms with Gasteiger partial charge in [0.2, 0.25) is 11.8 Å². The minimum Gasteiger partial charge on any atom is -0.274 e. The molecule has 31 heavy (non-hydrogen) atoms. The van der Waals surface area contributed by atoms with Crippen molar-refractivity contribution < 1.29 is 18.0 Å². The maximum absolute atomic E-state index is 12.2. The van der Waals surface area contributed by atoms with E-state index in [0.29, 0.717) is 11.1 Å². The molecule has 0 aliphatic heterocycles. The fourth-order valence-corrected chi connectivity index (χ4v) is 4.26. The van der Waals surface area contributed by atoms with Crippen LogP contribution in [-0.4, -0.2) is 20.2 Å². The Bertz CT molecular complexity index is 1300. The zero-order chi connectivity index (χ0) is 21.8. The number of hydrogen-bond donors (Lipinski definition) is 2. The molecule has 0 bridgehead atoms. The number of nitrogens with one attached hydrogen (secondary N) is 2. The number of hydrogen-bond acceptors (Lipinski definition) is 4. The summed E-state index contributed by atoms with van der Waals surface area (Å²) in [5.41, 5.74) is 1.35. The van der Waals surface area contributed by atoms with Crippen molar-refractivity contribution in [2.24, 2.45) is 0 Å². The first-order valence-corrected chi connectivity index (χ1v) is 11.2. The molecule has 0 heterocycles. The van der Waals surface area contributed by atoms with Crippen molar-refractivity contribution in [3.8, 4) is 0 Å². The maximum atomic E-state index is 12.2. The summed E-state index contributed by atoms with van der Waals surface area (Å²) in [6, 6.07) is 26.3. The average Bonchev–Trinajstić information content (AvgIpc) is 2.72. The summed E-state index contributed by atoms with van der Waals surface area (Å²) in [5.74, 6) is -1.44. The minimum absolute atomic E-state index is 0.120. The SMILES string of the molecule is O=C(Cc1ccc2ccccc2c1)NS(=O)(=O)NC(=O)Cc1ccc2ccccc2c1. The van der Waals surface area contributed by atoms with E-state index in [0.717, 1.165) is 21.5 Å².